The third kappa shape index (κ3) is 13.8. The molecule has 18 heteroatoms. The van der Waals surface area contributed by atoms with Crippen LogP contribution in [0.3, 0.4) is 0 Å². The van der Waals surface area contributed by atoms with Gasteiger partial charge in [0, 0.05) is 27.7 Å². The minimum Gasteiger partial charge on any atom is -0.477 e. The van der Waals surface area contributed by atoms with Gasteiger partial charge in [-0.15, -0.1) is 0 Å². The van der Waals surface area contributed by atoms with Crippen molar-refractivity contribution in [1.29, 1.82) is 0 Å². The van der Waals surface area contributed by atoms with Gasteiger partial charge in [-0.25, -0.2) is 9.59 Å². The largest absolute Gasteiger partial charge is 0.477 e. The number of hydrogen-bond acceptors (Lipinski definition) is 14. The van der Waals surface area contributed by atoms with Crippen LogP contribution in [0.1, 0.15) is 55.4 Å². The average molecular weight is 659 g/mol. The van der Waals surface area contributed by atoms with Crippen molar-refractivity contribution in [3.8, 4) is 0 Å². The average Bonchev–Trinajstić information content (AvgIpc) is 2.91. The lowest BCUT2D eigenvalue weighted by Crippen LogP contribution is -2.65. The molecule has 258 valence electrons. The van der Waals surface area contributed by atoms with Crippen LogP contribution >= 0.6 is 0 Å². The van der Waals surface area contributed by atoms with E-state index in [0.29, 0.717) is 0 Å². The predicted octanol–water partition coefficient (Wildman–Crippen LogP) is -1.11. The van der Waals surface area contributed by atoms with Crippen molar-refractivity contribution in [2.45, 2.75) is 97.4 Å². The summed E-state index contributed by atoms with van der Waals surface area (Å²) >= 11 is 0. The lowest BCUT2D eigenvalue weighted by atomic mass is 9.91. The molecule has 0 saturated heterocycles. The Balaban J connectivity index is 3.37. The molecule has 0 bridgehead atoms. The van der Waals surface area contributed by atoms with E-state index in [4.69, 9.17) is 28.4 Å². The fourth-order valence-corrected chi connectivity index (χ4v) is 4.02. The summed E-state index contributed by atoms with van der Waals surface area (Å²) in [6, 6.07) is -3.67. The van der Waals surface area contributed by atoms with E-state index in [1.807, 2.05) is 0 Å². The third-order valence-electron chi connectivity index (χ3n) is 5.73. The van der Waals surface area contributed by atoms with Crippen molar-refractivity contribution in [2.24, 2.45) is 0 Å². The lowest BCUT2D eigenvalue weighted by molar-refractivity contribution is -0.188. The molecule has 46 heavy (non-hydrogen) atoms. The summed E-state index contributed by atoms with van der Waals surface area (Å²) in [6.45, 7) is 9.34. The molecule has 0 aliphatic carbocycles. The van der Waals surface area contributed by atoms with Gasteiger partial charge < -0.3 is 49.7 Å². The molecule has 18 nitrogen and oxygen atoms in total. The number of amides is 4. The molecule has 0 saturated carbocycles. The quantitative estimate of drug-likeness (QED) is 0.136. The predicted molar refractivity (Wildman–Crippen MR) is 154 cm³/mol. The summed E-state index contributed by atoms with van der Waals surface area (Å²) in [5.74, 6) is -6.23. The topological polar surface area (TPSA) is 240 Å². The maximum absolute atomic E-state index is 13.0. The lowest BCUT2D eigenvalue weighted by Gasteiger charge is -2.42. The molecule has 4 N–H and O–H groups in total. The Morgan fingerprint density at radius 3 is 2.02 bits per heavy atom. The van der Waals surface area contributed by atoms with Gasteiger partial charge in [-0.1, -0.05) is 0 Å². The van der Waals surface area contributed by atoms with Crippen LogP contribution in [0.4, 0.5) is 4.79 Å². The first kappa shape index (κ1) is 39.1. The van der Waals surface area contributed by atoms with Gasteiger partial charge in [0.05, 0.1) is 25.7 Å². The zero-order valence-corrected chi connectivity index (χ0v) is 27.2. The second-order valence-electron chi connectivity index (χ2n) is 11.0. The molecule has 0 aromatic carbocycles. The number of carbonyl (C=O) groups is 8. The molecular formula is C28H42N4O14. The summed E-state index contributed by atoms with van der Waals surface area (Å²) < 4.78 is 31.3. The Morgan fingerprint density at radius 2 is 1.52 bits per heavy atom. The minimum absolute atomic E-state index is 0.482. The molecule has 6 atom stereocenters. The van der Waals surface area contributed by atoms with Crippen molar-refractivity contribution in [1.82, 2.24) is 21.3 Å². The summed E-state index contributed by atoms with van der Waals surface area (Å²) in [4.78, 5) is 98.0. The summed E-state index contributed by atoms with van der Waals surface area (Å²) in [5.41, 5.74) is -0.810. The van der Waals surface area contributed by atoms with E-state index in [9.17, 15) is 38.4 Å². The number of alkyl carbamates (subject to hydrolysis) is 1. The van der Waals surface area contributed by atoms with Crippen LogP contribution in [-0.4, -0.2) is 110 Å². The van der Waals surface area contributed by atoms with Gasteiger partial charge >= 0.3 is 30.0 Å². The second-order valence-corrected chi connectivity index (χ2v) is 11.0. The van der Waals surface area contributed by atoms with E-state index in [2.05, 4.69) is 21.3 Å². The maximum atomic E-state index is 13.0. The van der Waals surface area contributed by atoms with Gasteiger partial charge in [-0.3, -0.25) is 28.8 Å². The molecule has 0 fully saturated rings. The molecule has 1 rings (SSSR count). The number of nitrogens with one attached hydrogen (secondary N) is 4. The highest BCUT2D eigenvalue weighted by atomic mass is 16.6. The molecule has 1 aliphatic heterocycles. The minimum atomic E-state index is -1.62. The highest BCUT2D eigenvalue weighted by molar-refractivity contribution is 5.90. The molecule has 4 amide bonds. The fourth-order valence-electron chi connectivity index (χ4n) is 4.02. The van der Waals surface area contributed by atoms with Crippen LogP contribution < -0.4 is 21.3 Å². The summed E-state index contributed by atoms with van der Waals surface area (Å²) in [6.07, 6.45) is -4.41. The Kier molecular flexibility index (Phi) is 14.9. The van der Waals surface area contributed by atoms with Crippen LogP contribution in [0.2, 0.25) is 0 Å². The standard InChI is InChI=1S/C28H42N4O14/c1-13(30-27(40)46-28(6,7)8)25(38)29-11-21(37)32-18-10-19(26(39)41-9)45-24(22(18)31-14(2)33)23(44-17(5)36)20(43-16(4)35)12-42-15(3)34/h10,13,18,20,22-24H,11-12H2,1-9H3,(H,29,38)(H,30,40)(H,31,33)(H,32,37)/t13-,18-,20+,22+,23+,24+/m0/s1. The number of ether oxygens (including phenoxy) is 6. The zero-order chi connectivity index (χ0) is 35.4. The zero-order valence-electron chi connectivity index (χ0n) is 27.2. The Morgan fingerprint density at radius 1 is 0.913 bits per heavy atom. The van der Waals surface area contributed by atoms with E-state index in [0.717, 1.165) is 40.9 Å². The van der Waals surface area contributed by atoms with Gasteiger partial charge in [0.25, 0.3) is 0 Å². The highest BCUT2D eigenvalue weighted by Gasteiger charge is 2.48. The first-order valence-electron chi connectivity index (χ1n) is 14.0. The van der Waals surface area contributed by atoms with Crippen LogP contribution in [-0.2, 0) is 62.0 Å². The van der Waals surface area contributed by atoms with E-state index in [1.165, 1.54) is 6.92 Å². The van der Waals surface area contributed by atoms with Gasteiger partial charge in [0.15, 0.2) is 18.3 Å². The van der Waals surface area contributed by atoms with Crippen molar-refractivity contribution < 1.29 is 66.8 Å². The van der Waals surface area contributed by atoms with Gasteiger partial charge in [-0.05, 0) is 33.8 Å². The van der Waals surface area contributed by atoms with Crippen molar-refractivity contribution in [2.75, 3.05) is 20.3 Å². The molecular weight excluding hydrogens is 616 g/mol. The first-order chi connectivity index (χ1) is 21.2. The third-order valence-corrected chi connectivity index (χ3v) is 5.73. The van der Waals surface area contributed by atoms with Gasteiger partial charge in [-0.2, -0.15) is 0 Å². The van der Waals surface area contributed by atoms with Crippen LogP contribution in [0.5, 0.6) is 0 Å². The van der Waals surface area contributed by atoms with Crippen LogP contribution in [0.15, 0.2) is 11.8 Å². The Labute approximate surface area is 265 Å². The van der Waals surface area contributed by atoms with E-state index >= 15 is 0 Å². The fraction of sp³-hybridized carbons (Fsp3) is 0.643. The Bertz CT molecular complexity index is 1210. The highest BCUT2D eigenvalue weighted by Crippen LogP contribution is 2.27. The number of hydrogen-bond donors (Lipinski definition) is 4. The van der Waals surface area contributed by atoms with Crippen molar-refractivity contribution >= 4 is 47.7 Å². The van der Waals surface area contributed by atoms with Crippen molar-refractivity contribution in [3.63, 3.8) is 0 Å². The normalized spacial score (nSPS) is 19.2. The second kappa shape index (κ2) is 17.6. The SMILES string of the molecule is COC(=O)C1=C[C@H](NC(=O)CNC(=O)[C@H](C)NC(=O)OC(C)(C)C)[C@@H](NC(C)=O)[C@H]([C@H](OC(C)=O)[C@@H](COC(C)=O)OC(C)=O)O1. The molecule has 1 heterocycles. The van der Waals surface area contributed by atoms with E-state index in [1.54, 1.807) is 20.8 Å². The number of rotatable bonds is 13. The smallest absolute Gasteiger partial charge is 0.408 e. The van der Waals surface area contributed by atoms with Crippen molar-refractivity contribution in [3.05, 3.63) is 11.8 Å². The van der Waals surface area contributed by atoms with E-state index in [-0.39, 0.29) is 0 Å². The molecule has 0 aromatic heterocycles. The van der Waals surface area contributed by atoms with Crippen LogP contribution in [0.25, 0.3) is 0 Å². The number of carbonyl (C=O) groups excluding carboxylic acids is 8. The number of methoxy groups -OCH3 is 1. The van der Waals surface area contributed by atoms with Gasteiger partial charge in [0.1, 0.15) is 18.2 Å². The number of esters is 4. The van der Waals surface area contributed by atoms with Crippen LogP contribution in [0, 0.1) is 0 Å². The molecule has 1 aliphatic rings. The molecule has 0 unspecified atom stereocenters. The first-order valence-corrected chi connectivity index (χ1v) is 14.0. The molecule has 0 spiro atoms. The summed E-state index contributed by atoms with van der Waals surface area (Å²) in [5, 5.41) is 9.76. The van der Waals surface area contributed by atoms with E-state index < -0.39 is 109 Å². The monoisotopic (exact) mass is 658 g/mol. The maximum Gasteiger partial charge on any atom is 0.408 e. The van der Waals surface area contributed by atoms with Gasteiger partial charge in [0.2, 0.25) is 23.5 Å². The molecule has 0 radical (unpaired) electrons. The summed E-state index contributed by atoms with van der Waals surface area (Å²) in [7, 11) is 1.04. The molecule has 0 aromatic rings. The Hall–Kier alpha value is -4.90.